The summed E-state index contributed by atoms with van der Waals surface area (Å²) in [5, 5.41) is 31.2. The summed E-state index contributed by atoms with van der Waals surface area (Å²) in [6, 6.07) is -0.00269. The van der Waals surface area contributed by atoms with Crippen LogP contribution in [0.4, 0.5) is 0 Å². The summed E-state index contributed by atoms with van der Waals surface area (Å²) in [6.07, 6.45) is -4.01. The number of hydrogen-bond donors (Lipinski definition) is 4. The monoisotopic (exact) mass is 221 g/mol. The predicted molar refractivity (Wildman–Crippen MR) is 52.2 cm³/mol. The SMILES string of the molecule is COCC(C)NC1OCC(O)C(O)C1O. The van der Waals surface area contributed by atoms with Crippen molar-refractivity contribution in [2.45, 2.75) is 37.5 Å². The third-order valence-electron chi connectivity index (χ3n) is 2.37. The molecule has 5 atom stereocenters. The van der Waals surface area contributed by atoms with Gasteiger partial charge in [-0.3, -0.25) is 5.32 Å². The minimum atomic E-state index is -1.18. The van der Waals surface area contributed by atoms with Crippen molar-refractivity contribution in [2.24, 2.45) is 0 Å². The highest BCUT2D eigenvalue weighted by Gasteiger charge is 2.37. The number of aliphatic hydroxyl groups is 3. The Balaban J connectivity index is 2.42. The molecule has 0 bridgehead atoms. The zero-order chi connectivity index (χ0) is 11.4. The Labute approximate surface area is 88.8 Å². The van der Waals surface area contributed by atoms with E-state index in [0.29, 0.717) is 6.61 Å². The van der Waals surface area contributed by atoms with E-state index in [0.717, 1.165) is 0 Å². The van der Waals surface area contributed by atoms with E-state index in [1.54, 1.807) is 7.11 Å². The fourth-order valence-electron chi connectivity index (χ4n) is 1.53. The van der Waals surface area contributed by atoms with Gasteiger partial charge >= 0.3 is 0 Å². The van der Waals surface area contributed by atoms with E-state index in [-0.39, 0.29) is 12.6 Å². The van der Waals surface area contributed by atoms with E-state index < -0.39 is 24.5 Å². The Morgan fingerprint density at radius 3 is 2.67 bits per heavy atom. The van der Waals surface area contributed by atoms with Crippen LogP contribution in [0.25, 0.3) is 0 Å². The topological polar surface area (TPSA) is 91.2 Å². The normalized spacial score (nSPS) is 39.0. The van der Waals surface area contributed by atoms with E-state index in [4.69, 9.17) is 9.47 Å². The Morgan fingerprint density at radius 1 is 1.40 bits per heavy atom. The average Bonchev–Trinajstić information content (AvgIpc) is 2.20. The molecule has 5 unspecified atom stereocenters. The highest BCUT2D eigenvalue weighted by Crippen LogP contribution is 2.14. The van der Waals surface area contributed by atoms with Crippen LogP contribution in [0.15, 0.2) is 0 Å². The van der Waals surface area contributed by atoms with E-state index in [1.165, 1.54) is 0 Å². The predicted octanol–water partition coefficient (Wildman–Crippen LogP) is -1.95. The number of methoxy groups -OCH3 is 1. The number of nitrogens with one attached hydrogen (secondary N) is 1. The number of hydrogen-bond acceptors (Lipinski definition) is 6. The Hall–Kier alpha value is -0.240. The minimum Gasteiger partial charge on any atom is -0.388 e. The molecule has 6 nitrogen and oxygen atoms in total. The third kappa shape index (κ3) is 3.37. The lowest BCUT2D eigenvalue weighted by molar-refractivity contribution is -0.197. The second-order valence-electron chi connectivity index (χ2n) is 3.83. The summed E-state index contributed by atoms with van der Waals surface area (Å²) in [6.45, 7) is 2.36. The van der Waals surface area contributed by atoms with Gasteiger partial charge in [0.05, 0.1) is 13.2 Å². The fraction of sp³-hybridized carbons (Fsp3) is 1.00. The van der Waals surface area contributed by atoms with Gasteiger partial charge < -0.3 is 24.8 Å². The standard InChI is InChI=1S/C9H19NO5/c1-5(3-14-2)10-9-8(13)7(12)6(11)4-15-9/h5-13H,3-4H2,1-2H3. The Kier molecular flexibility index (Phi) is 4.91. The second-order valence-corrected chi connectivity index (χ2v) is 3.83. The lowest BCUT2D eigenvalue weighted by Gasteiger charge is -2.36. The zero-order valence-corrected chi connectivity index (χ0v) is 8.96. The lowest BCUT2D eigenvalue weighted by Crippen LogP contribution is -2.59. The zero-order valence-electron chi connectivity index (χ0n) is 8.96. The maximum Gasteiger partial charge on any atom is 0.137 e. The maximum absolute atomic E-state index is 9.59. The summed E-state index contributed by atoms with van der Waals surface area (Å²) >= 11 is 0. The molecule has 0 aromatic rings. The van der Waals surface area contributed by atoms with E-state index in [1.807, 2.05) is 6.92 Å². The van der Waals surface area contributed by atoms with E-state index >= 15 is 0 Å². The van der Waals surface area contributed by atoms with Gasteiger partial charge in [-0.2, -0.15) is 0 Å². The molecule has 90 valence electrons. The quantitative estimate of drug-likeness (QED) is 0.441. The van der Waals surface area contributed by atoms with Crippen LogP contribution >= 0.6 is 0 Å². The van der Waals surface area contributed by atoms with Crippen molar-refractivity contribution in [3.8, 4) is 0 Å². The van der Waals surface area contributed by atoms with Crippen LogP contribution in [-0.4, -0.2) is 66.2 Å². The summed E-state index contributed by atoms with van der Waals surface area (Å²) in [5.74, 6) is 0. The van der Waals surface area contributed by atoms with Crippen LogP contribution in [0.5, 0.6) is 0 Å². The average molecular weight is 221 g/mol. The smallest absolute Gasteiger partial charge is 0.137 e. The van der Waals surface area contributed by atoms with Gasteiger partial charge in [-0.15, -0.1) is 0 Å². The molecule has 1 heterocycles. The van der Waals surface area contributed by atoms with Crippen LogP contribution in [-0.2, 0) is 9.47 Å². The molecule has 1 fully saturated rings. The molecule has 1 aliphatic heterocycles. The molecule has 0 radical (unpaired) electrons. The minimum absolute atomic E-state index is 0.00269. The Morgan fingerprint density at radius 2 is 2.07 bits per heavy atom. The molecule has 0 aromatic heterocycles. The molecular weight excluding hydrogens is 202 g/mol. The molecule has 0 aromatic carbocycles. The molecule has 0 aliphatic carbocycles. The fourth-order valence-corrected chi connectivity index (χ4v) is 1.53. The van der Waals surface area contributed by atoms with E-state index in [2.05, 4.69) is 5.32 Å². The van der Waals surface area contributed by atoms with Gasteiger partial charge in [-0.05, 0) is 6.92 Å². The highest BCUT2D eigenvalue weighted by molar-refractivity contribution is 4.86. The van der Waals surface area contributed by atoms with Gasteiger partial charge in [0.2, 0.25) is 0 Å². The molecule has 1 rings (SSSR count). The first kappa shape index (κ1) is 12.8. The van der Waals surface area contributed by atoms with Crippen LogP contribution in [0, 0.1) is 0 Å². The molecule has 6 heteroatoms. The van der Waals surface area contributed by atoms with Crippen LogP contribution in [0.2, 0.25) is 0 Å². The number of rotatable bonds is 4. The second kappa shape index (κ2) is 5.74. The van der Waals surface area contributed by atoms with E-state index in [9.17, 15) is 15.3 Å². The first-order chi connectivity index (χ1) is 7.06. The highest BCUT2D eigenvalue weighted by atomic mass is 16.5. The molecule has 1 aliphatic rings. The van der Waals surface area contributed by atoms with Crippen LogP contribution in [0.3, 0.4) is 0 Å². The van der Waals surface area contributed by atoms with Gasteiger partial charge in [0.15, 0.2) is 0 Å². The van der Waals surface area contributed by atoms with Crippen molar-refractivity contribution < 1.29 is 24.8 Å². The lowest BCUT2D eigenvalue weighted by atomic mass is 10.0. The summed E-state index contributed by atoms with van der Waals surface area (Å²) in [4.78, 5) is 0. The van der Waals surface area contributed by atoms with Crippen molar-refractivity contribution in [1.29, 1.82) is 0 Å². The van der Waals surface area contributed by atoms with Gasteiger partial charge in [0.1, 0.15) is 24.5 Å². The van der Waals surface area contributed by atoms with Crippen LogP contribution in [0.1, 0.15) is 6.92 Å². The molecule has 1 saturated heterocycles. The van der Waals surface area contributed by atoms with Gasteiger partial charge in [-0.1, -0.05) is 0 Å². The number of aliphatic hydroxyl groups excluding tert-OH is 3. The summed E-state index contributed by atoms with van der Waals surface area (Å²) < 4.78 is 10.1. The summed E-state index contributed by atoms with van der Waals surface area (Å²) in [7, 11) is 1.58. The van der Waals surface area contributed by atoms with Gasteiger partial charge in [-0.25, -0.2) is 0 Å². The van der Waals surface area contributed by atoms with Gasteiger partial charge in [0, 0.05) is 13.2 Å². The van der Waals surface area contributed by atoms with Gasteiger partial charge in [0.25, 0.3) is 0 Å². The molecule has 4 N–H and O–H groups in total. The van der Waals surface area contributed by atoms with Crippen molar-refractivity contribution >= 4 is 0 Å². The Bertz CT molecular complexity index is 191. The van der Waals surface area contributed by atoms with Crippen LogP contribution < -0.4 is 5.32 Å². The van der Waals surface area contributed by atoms with Crippen molar-refractivity contribution in [3.05, 3.63) is 0 Å². The molecule has 15 heavy (non-hydrogen) atoms. The largest absolute Gasteiger partial charge is 0.388 e. The maximum atomic E-state index is 9.59. The van der Waals surface area contributed by atoms with Crippen molar-refractivity contribution in [2.75, 3.05) is 20.3 Å². The summed E-state index contributed by atoms with van der Waals surface area (Å²) in [5.41, 5.74) is 0. The van der Waals surface area contributed by atoms with Crippen molar-refractivity contribution in [1.82, 2.24) is 5.32 Å². The molecule has 0 saturated carbocycles. The first-order valence-electron chi connectivity index (χ1n) is 4.97. The third-order valence-corrected chi connectivity index (χ3v) is 2.37. The molecule has 0 spiro atoms. The molecular formula is C9H19NO5. The molecule has 0 amide bonds. The number of ether oxygens (including phenoxy) is 2. The first-order valence-corrected chi connectivity index (χ1v) is 4.97. The van der Waals surface area contributed by atoms with Crippen molar-refractivity contribution in [3.63, 3.8) is 0 Å².